The molecule has 1 rings (SSSR count). The van der Waals surface area contributed by atoms with Crippen LogP contribution in [0.15, 0.2) is 12.1 Å². The van der Waals surface area contributed by atoms with Gasteiger partial charge in [-0.05, 0) is 48.9 Å². The molecule has 0 fully saturated rings. The zero-order valence-electron chi connectivity index (χ0n) is 13.2. The fraction of sp³-hybridized carbons (Fsp3) is 0.684. The molecule has 0 saturated heterocycles. The van der Waals surface area contributed by atoms with E-state index in [4.69, 9.17) is 0 Å². The van der Waals surface area contributed by atoms with Crippen LogP contribution in [0.5, 0.6) is 0 Å². The van der Waals surface area contributed by atoms with Crippen LogP contribution in [0.1, 0.15) is 81.9 Å². The molecule has 0 spiro atoms. The topological polar surface area (TPSA) is 0 Å². The monoisotopic (exact) mass is 259 g/mol. The lowest BCUT2D eigenvalue weighted by molar-refractivity contribution is 0.588. The lowest BCUT2D eigenvalue weighted by atomic mass is 9.94. The maximum Gasteiger partial charge on any atom is -0.0146 e. The van der Waals surface area contributed by atoms with Crippen molar-refractivity contribution in [3.8, 4) is 0 Å². The van der Waals surface area contributed by atoms with Crippen molar-refractivity contribution in [1.82, 2.24) is 0 Å². The molecule has 1 aromatic carbocycles. The molecule has 0 nitrogen and oxygen atoms in total. The first-order chi connectivity index (χ1) is 9.29. The minimum absolute atomic E-state index is 1.22. The van der Waals surface area contributed by atoms with E-state index in [2.05, 4.69) is 39.0 Å². The molecule has 0 atom stereocenters. The molecule has 0 aliphatic rings. The predicted octanol–water partition coefficient (Wildman–Crippen LogP) is 6.04. The molecular formula is C19H31. The fourth-order valence-corrected chi connectivity index (χ4v) is 2.77. The first kappa shape index (κ1) is 16.3. The molecule has 0 saturated carbocycles. The van der Waals surface area contributed by atoms with Crippen molar-refractivity contribution >= 4 is 0 Å². The summed E-state index contributed by atoms with van der Waals surface area (Å²) in [6.07, 6.45) is 13.4. The van der Waals surface area contributed by atoms with Crippen LogP contribution in [0.4, 0.5) is 0 Å². The number of unbranched alkanes of at least 4 members (excludes halogenated alkanes) is 6. The lowest BCUT2D eigenvalue weighted by Gasteiger charge is -2.11. The minimum atomic E-state index is 1.22. The molecule has 19 heavy (non-hydrogen) atoms. The molecule has 0 bridgehead atoms. The lowest BCUT2D eigenvalue weighted by Crippen LogP contribution is -1.98. The third-order valence-electron chi connectivity index (χ3n) is 3.96. The number of hydrogen-bond donors (Lipinski definition) is 0. The molecular weight excluding hydrogens is 228 g/mol. The highest BCUT2D eigenvalue weighted by Crippen LogP contribution is 2.18. The zero-order valence-corrected chi connectivity index (χ0v) is 13.2. The highest BCUT2D eigenvalue weighted by molar-refractivity contribution is 5.33. The van der Waals surface area contributed by atoms with Gasteiger partial charge in [0.2, 0.25) is 0 Å². The molecule has 0 aliphatic carbocycles. The first-order valence-electron chi connectivity index (χ1n) is 8.28. The molecule has 0 unspecified atom stereocenters. The summed E-state index contributed by atoms with van der Waals surface area (Å²) in [7, 11) is 0. The molecule has 0 aliphatic heterocycles. The second-order valence-electron chi connectivity index (χ2n) is 5.74. The summed E-state index contributed by atoms with van der Waals surface area (Å²) in [5, 5.41) is 0. The molecule has 1 radical (unpaired) electrons. The average molecular weight is 259 g/mol. The van der Waals surface area contributed by atoms with Crippen molar-refractivity contribution < 1.29 is 0 Å². The number of benzene rings is 1. The molecule has 0 N–H and O–H groups in total. The maximum absolute atomic E-state index is 3.47. The fourth-order valence-electron chi connectivity index (χ4n) is 2.77. The summed E-state index contributed by atoms with van der Waals surface area (Å²) in [5.74, 6) is 0. The minimum Gasteiger partial charge on any atom is -0.0654 e. The van der Waals surface area contributed by atoms with Gasteiger partial charge in [0, 0.05) is 0 Å². The van der Waals surface area contributed by atoms with E-state index in [9.17, 15) is 0 Å². The Hall–Kier alpha value is -0.780. The standard InChI is InChI=1S/C19H31/c1-4-6-7-8-9-10-11-15-18-16-12-14-17(3)19(18)13-5-2/h12,14H,4-11,13,15H2,1-3H3. The van der Waals surface area contributed by atoms with Gasteiger partial charge >= 0.3 is 0 Å². The van der Waals surface area contributed by atoms with E-state index in [1.807, 2.05) is 0 Å². The van der Waals surface area contributed by atoms with Gasteiger partial charge in [-0.25, -0.2) is 0 Å². The highest BCUT2D eigenvalue weighted by Gasteiger charge is 2.04. The second-order valence-corrected chi connectivity index (χ2v) is 5.74. The molecule has 1 aromatic rings. The van der Waals surface area contributed by atoms with Crippen LogP contribution in [0.25, 0.3) is 0 Å². The largest absolute Gasteiger partial charge is 0.0654 e. The summed E-state index contributed by atoms with van der Waals surface area (Å²) in [4.78, 5) is 0. The van der Waals surface area contributed by atoms with Crippen LogP contribution >= 0.6 is 0 Å². The Bertz CT molecular complexity index is 338. The van der Waals surface area contributed by atoms with Crippen LogP contribution in [0.3, 0.4) is 0 Å². The van der Waals surface area contributed by atoms with Crippen molar-refractivity contribution in [2.24, 2.45) is 0 Å². The van der Waals surface area contributed by atoms with Crippen molar-refractivity contribution in [2.45, 2.75) is 85.0 Å². The Morgan fingerprint density at radius 2 is 1.53 bits per heavy atom. The summed E-state index contributed by atoms with van der Waals surface area (Å²) in [6.45, 7) is 6.79. The van der Waals surface area contributed by atoms with E-state index >= 15 is 0 Å². The van der Waals surface area contributed by atoms with Crippen LogP contribution in [-0.2, 0) is 12.8 Å². The number of hydrogen-bond acceptors (Lipinski definition) is 0. The van der Waals surface area contributed by atoms with Gasteiger partial charge in [0.1, 0.15) is 0 Å². The van der Waals surface area contributed by atoms with Gasteiger partial charge < -0.3 is 0 Å². The van der Waals surface area contributed by atoms with Crippen LogP contribution in [-0.4, -0.2) is 0 Å². The van der Waals surface area contributed by atoms with E-state index in [0.717, 1.165) is 0 Å². The Morgan fingerprint density at radius 3 is 2.21 bits per heavy atom. The van der Waals surface area contributed by atoms with Crippen molar-refractivity contribution in [3.05, 3.63) is 34.9 Å². The van der Waals surface area contributed by atoms with Crippen LogP contribution in [0, 0.1) is 13.0 Å². The first-order valence-corrected chi connectivity index (χ1v) is 8.28. The van der Waals surface area contributed by atoms with Gasteiger partial charge in [0.05, 0.1) is 0 Å². The highest BCUT2D eigenvalue weighted by atomic mass is 14.1. The average Bonchev–Trinajstić information content (AvgIpc) is 2.41. The normalized spacial score (nSPS) is 10.9. The van der Waals surface area contributed by atoms with Crippen molar-refractivity contribution in [2.75, 3.05) is 0 Å². The Kier molecular flexibility index (Phi) is 8.62. The summed E-state index contributed by atoms with van der Waals surface area (Å²) in [5.41, 5.74) is 4.50. The van der Waals surface area contributed by atoms with Gasteiger partial charge in [-0.15, -0.1) is 0 Å². The SMILES string of the molecule is CCCCCCCCCc1[c]ccc(C)c1CCC. The smallest absolute Gasteiger partial charge is 0.0146 e. The predicted molar refractivity (Wildman–Crippen MR) is 85.7 cm³/mol. The summed E-state index contributed by atoms with van der Waals surface area (Å²) >= 11 is 0. The molecule has 0 aromatic heterocycles. The van der Waals surface area contributed by atoms with Crippen molar-refractivity contribution in [1.29, 1.82) is 0 Å². The van der Waals surface area contributed by atoms with Gasteiger partial charge in [0.15, 0.2) is 0 Å². The number of rotatable bonds is 10. The van der Waals surface area contributed by atoms with Gasteiger partial charge in [-0.2, -0.15) is 0 Å². The molecule has 107 valence electrons. The van der Waals surface area contributed by atoms with Gasteiger partial charge in [0.25, 0.3) is 0 Å². The maximum atomic E-state index is 3.47. The second kappa shape index (κ2) is 10.1. The summed E-state index contributed by atoms with van der Waals surface area (Å²) in [6, 6.07) is 7.78. The van der Waals surface area contributed by atoms with Gasteiger partial charge in [-0.3, -0.25) is 0 Å². The van der Waals surface area contributed by atoms with E-state index in [1.165, 1.54) is 75.3 Å². The van der Waals surface area contributed by atoms with Gasteiger partial charge in [-0.1, -0.05) is 70.9 Å². The van der Waals surface area contributed by atoms with Crippen molar-refractivity contribution in [3.63, 3.8) is 0 Å². The Morgan fingerprint density at radius 1 is 0.842 bits per heavy atom. The molecule has 0 amide bonds. The van der Waals surface area contributed by atoms with E-state index < -0.39 is 0 Å². The number of aryl methyl sites for hydroxylation is 2. The zero-order chi connectivity index (χ0) is 13.9. The summed E-state index contributed by atoms with van der Waals surface area (Å²) < 4.78 is 0. The Labute approximate surface area is 120 Å². The third kappa shape index (κ3) is 6.27. The quantitative estimate of drug-likeness (QED) is 0.449. The van der Waals surface area contributed by atoms with E-state index in [-0.39, 0.29) is 0 Å². The Balaban J connectivity index is 2.30. The van der Waals surface area contributed by atoms with Crippen LogP contribution < -0.4 is 0 Å². The molecule has 0 heteroatoms. The van der Waals surface area contributed by atoms with E-state index in [0.29, 0.717) is 0 Å². The van der Waals surface area contributed by atoms with E-state index in [1.54, 1.807) is 5.56 Å². The molecule has 0 heterocycles. The third-order valence-corrected chi connectivity index (χ3v) is 3.96. The van der Waals surface area contributed by atoms with Crippen LogP contribution in [0.2, 0.25) is 0 Å².